The monoisotopic (exact) mass is 1110 g/mol. The van der Waals surface area contributed by atoms with Crippen LogP contribution in [0, 0.1) is 0 Å². The molecule has 0 unspecified atom stereocenters. The number of nitrogens with one attached hydrogen (secondary N) is 2. The van der Waals surface area contributed by atoms with Gasteiger partial charge >= 0.3 is 0 Å². The van der Waals surface area contributed by atoms with Gasteiger partial charge in [0.15, 0.2) is 0 Å². The minimum atomic E-state index is 0. The Labute approximate surface area is 439 Å². The summed E-state index contributed by atoms with van der Waals surface area (Å²) in [5.41, 5.74) is 24.2. The third-order valence-corrected chi connectivity index (χ3v) is 13.7. The maximum absolute atomic E-state index is 6.21. The molecule has 4 nitrogen and oxygen atoms in total. The van der Waals surface area contributed by atoms with Gasteiger partial charge < -0.3 is 9.97 Å². The topological polar surface area (TPSA) is 57.4 Å². The number of H-pyrrole nitrogens is 2. The van der Waals surface area contributed by atoms with E-state index in [0.717, 1.165) is 134 Å². The number of fused-ring (bicyclic) bond motifs is 8. The second-order valence-corrected chi connectivity index (χ2v) is 18.1. The van der Waals surface area contributed by atoms with Crippen molar-refractivity contribution < 1.29 is 21.1 Å². The van der Waals surface area contributed by atoms with Gasteiger partial charge in [-0.15, -0.1) is 0 Å². The van der Waals surface area contributed by atoms with Crippen molar-refractivity contribution in [2.45, 2.75) is 0 Å². The molecule has 0 atom stereocenters. The number of rotatable bonds is 8. The Morgan fingerprint density at radius 1 is 0.247 bits per heavy atom. The maximum Gasteiger partial charge on any atom is 0.0822 e. The Hall–Kier alpha value is -8.95. The van der Waals surface area contributed by atoms with E-state index in [1.54, 1.807) is 0 Å². The molecule has 348 valence electrons. The van der Waals surface area contributed by atoms with Gasteiger partial charge in [-0.3, -0.25) is 0 Å². The van der Waals surface area contributed by atoms with Gasteiger partial charge in [-0.1, -0.05) is 243 Å². The third-order valence-electron chi connectivity index (χ3n) is 13.7. The summed E-state index contributed by atoms with van der Waals surface area (Å²) in [7, 11) is 0. The first-order valence-corrected chi connectivity index (χ1v) is 24.5. The molecule has 5 heterocycles. The molecule has 3 aromatic heterocycles. The number of nitrogens with zero attached hydrogens (tertiary/aromatic N) is 2. The molecule has 2 N–H and O–H groups in total. The van der Waals surface area contributed by atoms with Crippen LogP contribution in [0.25, 0.3) is 112 Å². The molecule has 2 aliphatic heterocycles. The predicted molar refractivity (Wildman–Crippen MR) is 300 cm³/mol. The summed E-state index contributed by atoms with van der Waals surface area (Å²) in [6.45, 7) is 0. The van der Waals surface area contributed by atoms with E-state index in [0.29, 0.717) is 0 Å². The van der Waals surface area contributed by atoms with E-state index in [4.69, 9.17) is 9.97 Å². The second-order valence-electron chi connectivity index (χ2n) is 18.1. The fourth-order valence-corrected chi connectivity index (χ4v) is 10.7. The fraction of sp³-hybridized carbons (Fsp3) is 0. The van der Waals surface area contributed by atoms with Crippen LogP contribution >= 0.6 is 0 Å². The Morgan fingerprint density at radius 2 is 0.493 bits per heavy atom. The van der Waals surface area contributed by atoms with E-state index in [-0.39, 0.29) is 21.1 Å². The molecule has 0 radical (unpaired) electrons. The second kappa shape index (κ2) is 19.7. The van der Waals surface area contributed by atoms with Crippen LogP contribution in [0.4, 0.5) is 0 Å². The molecule has 0 amide bonds. The van der Waals surface area contributed by atoms with Crippen LogP contribution in [0.1, 0.15) is 33.9 Å². The van der Waals surface area contributed by atoms with Crippen molar-refractivity contribution in [3.8, 4) is 66.8 Å². The molecule has 5 heteroatoms. The normalized spacial score (nSPS) is 11.9. The molecule has 0 saturated heterocycles. The Morgan fingerprint density at radius 3 is 0.781 bits per heavy atom. The Kier molecular flexibility index (Phi) is 12.2. The van der Waals surface area contributed by atoms with Gasteiger partial charge in [0.1, 0.15) is 0 Å². The molecule has 73 heavy (non-hydrogen) atoms. The number of aromatic nitrogens is 4. The molecular formula is C68H46N4Pt. The number of benzene rings is 8. The Bertz CT molecular complexity index is 3760. The van der Waals surface area contributed by atoms with Crippen molar-refractivity contribution >= 4 is 45.4 Å². The van der Waals surface area contributed by atoms with E-state index in [1.807, 2.05) is 0 Å². The van der Waals surface area contributed by atoms with Crippen LogP contribution in [-0.4, -0.2) is 19.9 Å². The summed E-state index contributed by atoms with van der Waals surface area (Å²) in [6.07, 6.45) is 4.25. The van der Waals surface area contributed by atoms with Crippen molar-refractivity contribution in [3.05, 3.63) is 289 Å². The van der Waals surface area contributed by atoms with E-state index in [2.05, 4.69) is 277 Å². The minimum absolute atomic E-state index is 0. The summed E-state index contributed by atoms with van der Waals surface area (Å²) in [4.78, 5) is 19.8. The first-order valence-electron chi connectivity index (χ1n) is 24.5. The van der Waals surface area contributed by atoms with Gasteiger partial charge in [-0.2, -0.15) is 0 Å². The van der Waals surface area contributed by atoms with Gasteiger partial charge in [0.2, 0.25) is 0 Å². The van der Waals surface area contributed by atoms with Gasteiger partial charge in [0.25, 0.3) is 0 Å². The molecule has 0 fully saturated rings. The van der Waals surface area contributed by atoms with Crippen molar-refractivity contribution in [2.75, 3.05) is 0 Å². The molecule has 11 aromatic rings. The number of aromatic amines is 2. The molecule has 13 rings (SSSR count). The minimum Gasteiger partial charge on any atom is -0.354 e. The van der Waals surface area contributed by atoms with Crippen molar-refractivity contribution in [1.29, 1.82) is 0 Å². The van der Waals surface area contributed by atoms with E-state index in [9.17, 15) is 0 Å². The SMILES string of the molecule is C1=Cc2cc3[nH]c(c(-c4ccccc4)c4nc(c(-c5ccccc5)c5[nH]c(cc1n2)c(-c1ccccc1)c5-c1ccccc1)C(c1ccccc1)=C4c1ccccc1)c(-c1ccccc1)c3-c1ccccc1.[Pt]. The summed E-state index contributed by atoms with van der Waals surface area (Å²) in [6, 6.07) is 90.7. The first kappa shape index (κ1) is 45.2. The van der Waals surface area contributed by atoms with Crippen LogP contribution < -0.4 is 0 Å². The molecule has 0 aliphatic carbocycles. The van der Waals surface area contributed by atoms with Crippen LogP contribution in [0.3, 0.4) is 0 Å². The van der Waals surface area contributed by atoms with Gasteiger partial charge in [-0.25, -0.2) is 9.97 Å². The van der Waals surface area contributed by atoms with E-state index < -0.39 is 0 Å². The van der Waals surface area contributed by atoms with E-state index >= 15 is 0 Å². The molecule has 8 aromatic carbocycles. The predicted octanol–water partition coefficient (Wildman–Crippen LogP) is 17.5. The summed E-state index contributed by atoms with van der Waals surface area (Å²) in [5, 5.41) is 0. The molecule has 2 aliphatic rings. The van der Waals surface area contributed by atoms with E-state index in [1.165, 1.54) is 0 Å². The summed E-state index contributed by atoms with van der Waals surface area (Å²) >= 11 is 0. The van der Waals surface area contributed by atoms with Gasteiger partial charge in [0.05, 0.1) is 33.8 Å². The average molecular weight is 1110 g/mol. The number of hydrogen-bond acceptors (Lipinski definition) is 2. The van der Waals surface area contributed by atoms with Gasteiger partial charge in [0, 0.05) is 76.6 Å². The smallest absolute Gasteiger partial charge is 0.0822 e. The average Bonchev–Trinajstić information content (AvgIpc) is 4.25. The van der Waals surface area contributed by atoms with Crippen molar-refractivity contribution in [1.82, 2.24) is 19.9 Å². The Balaban J connectivity index is 0.00000543. The largest absolute Gasteiger partial charge is 0.354 e. The molecule has 0 spiro atoms. The summed E-state index contributed by atoms with van der Waals surface area (Å²) in [5.74, 6) is 0. The van der Waals surface area contributed by atoms with Gasteiger partial charge in [-0.05, 0) is 68.8 Å². The zero-order chi connectivity index (χ0) is 47.8. The summed E-state index contributed by atoms with van der Waals surface area (Å²) < 4.78 is 0. The zero-order valence-corrected chi connectivity index (χ0v) is 41.9. The molecule has 0 saturated carbocycles. The van der Waals surface area contributed by atoms with Crippen LogP contribution in [-0.2, 0) is 21.1 Å². The van der Waals surface area contributed by atoms with Crippen molar-refractivity contribution in [3.63, 3.8) is 0 Å². The standard InChI is InChI=1S/C68H46N4.Pt/c1-9-25-45(26-10-1)57-55-43-53-41-42-54(69-53)44-56-58(46-27-11-2-12-28-46)60(48-31-15-4-16-32-48)66(71-56)64(52-39-23-8-24-40-52)68-62(50-35-19-6-20-36-50)61(49-33-17-5-18-34-49)67(72-68)63(51-37-21-7-22-38-51)65(70-55)59(57)47-29-13-3-14-30-47;/h1-44,70-71H;. The maximum atomic E-state index is 6.21. The quantitative estimate of drug-likeness (QED) is 0.159. The number of hydrogen-bond donors (Lipinski definition) is 2. The molecule has 8 bridgehead atoms. The first-order chi connectivity index (χ1) is 35.7. The van der Waals surface area contributed by atoms with Crippen LogP contribution in [0.2, 0.25) is 0 Å². The zero-order valence-electron chi connectivity index (χ0n) is 39.6. The fourth-order valence-electron chi connectivity index (χ4n) is 10.7. The van der Waals surface area contributed by atoms with Crippen LogP contribution in [0.15, 0.2) is 255 Å². The molecular weight excluding hydrogens is 1070 g/mol. The van der Waals surface area contributed by atoms with Crippen molar-refractivity contribution in [2.24, 2.45) is 0 Å². The van der Waals surface area contributed by atoms with Crippen LogP contribution in [0.5, 0.6) is 0 Å². The third kappa shape index (κ3) is 8.32.